The van der Waals surface area contributed by atoms with Crippen LogP contribution >= 0.6 is 0 Å². The highest BCUT2D eigenvalue weighted by atomic mass is 16.1. The van der Waals surface area contributed by atoms with Crippen LogP contribution in [0.5, 0.6) is 0 Å². The highest BCUT2D eigenvalue weighted by Gasteiger charge is 2.27. The number of rotatable bonds is 4. The molecule has 2 heteroatoms. The lowest BCUT2D eigenvalue weighted by molar-refractivity contribution is -0.124. The maximum atomic E-state index is 11.7. The Labute approximate surface area is 80.9 Å². The van der Waals surface area contributed by atoms with Crippen molar-refractivity contribution < 1.29 is 4.79 Å². The zero-order chi connectivity index (χ0) is 9.68. The van der Waals surface area contributed by atoms with E-state index in [0.29, 0.717) is 5.78 Å². The molecule has 0 aromatic carbocycles. The second-order valence-corrected chi connectivity index (χ2v) is 4.12. The van der Waals surface area contributed by atoms with Gasteiger partial charge in [-0.15, -0.1) is 0 Å². The van der Waals surface area contributed by atoms with Crippen molar-refractivity contribution in [3.05, 3.63) is 0 Å². The Morgan fingerprint density at radius 1 is 1.38 bits per heavy atom. The van der Waals surface area contributed by atoms with Gasteiger partial charge in [-0.1, -0.05) is 26.2 Å². The van der Waals surface area contributed by atoms with Crippen molar-refractivity contribution in [3.63, 3.8) is 0 Å². The quantitative estimate of drug-likeness (QED) is 0.726. The van der Waals surface area contributed by atoms with Crippen molar-refractivity contribution in [1.82, 2.24) is 0 Å². The predicted molar refractivity (Wildman–Crippen MR) is 54.5 cm³/mol. The predicted octanol–water partition coefficient (Wildman–Crippen LogP) is 2.26. The summed E-state index contributed by atoms with van der Waals surface area (Å²) in [7, 11) is 0. The van der Waals surface area contributed by atoms with Crippen LogP contribution in [0.3, 0.4) is 0 Å². The van der Waals surface area contributed by atoms with Crippen LogP contribution in [0.2, 0.25) is 0 Å². The van der Waals surface area contributed by atoms with E-state index in [-0.39, 0.29) is 12.0 Å². The van der Waals surface area contributed by atoms with Crippen LogP contribution in [-0.2, 0) is 4.79 Å². The van der Waals surface area contributed by atoms with Gasteiger partial charge in [0.25, 0.3) is 0 Å². The van der Waals surface area contributed by atoms with Gasteiger partial charge in [-0.25, -0.2) is 0 Å². The zero-order valence-corrected chi connectivity index (χ0v) is 8.59. The van der Waals surface area contributed by atoms with Crippen LogP contribution < -0.4 is 5.73 Å². The number of unbranched alkanes of at least 4 members (excludes halogenated alkanes) is 1. The molecule has 1 aliphatic carbocycles. The molecule has 2 N–H and O–H groups in total. The number of carbonyl (C=O) groups is 1. The molecular formula is C11H21NO. The summed E-state index contributed by atoms with van der Waals surface area (Å²) >= 11 is 0. The smallest absolute Gasteiger partial charge is 0.137 e. The molecule has 0 saturated heterocycles. The van der Waals surface area contributed by atoms with Gasteiger partial charge in [0.1, 0.15) is 5.78 Å². The van der Waals surface area contributed by atoms with Gasteiger partial charge in [0.05, 0.1) is 0 Å². The maximum absolute atomic E-state index is 11.7. The Morgan fingerprint density at radius 2 is 2.08 bits per heavy atom. The molecular weight excluding hydrogens is 162 g/mol. The van der Waals surface area contributed by atoms with Gasteiger partial charge in [-0.05, 0) is 19.3 Å². The SMILES string of the molecule is CCCCC(=O)C1CCCCC1N. The van der Waals surface area contributed by atoms with Gasteiger partial charge in [0.15, 0.2) is 0 Å². The Balaban J connectivity index is 2.35. The Hall–Kier alpha value is -0.370. The molecule has 1 rings (SSSR count). The summed E-state index contributed by atoms with van der Waals surface area (Å²) < 4.78 is 0. The van der Waals surface area contributed by atoms with Gasteiger partial charge in [-0.3, -0.25) is 4.79 Å². The lowest BCUT2D eigenvalue weighted by atomic mass is 9.81. The van der Waals surface area contributed by atoms with E-state index < -0.39 is 0 Å². The first-order chi connectivity index (χ1) is 6.25. The molecule has 0 spiro atoms. The van der Waals surface area contributed by atoms with Crippen LogP contribution in [0.25, 0.3) is 0 Å². The van der Waals surface area contributed by atoms with E-state index >= 15 is 0 Å². The first-order valence-corrected chi connectivity index (χ1v) is 5.54. The van der Waals surface area contributed by atoms with Crippen molar-refractivity contribution in [1.29, 1.82) is 0 Å². The molecule has 2 nitrogen and oxygen atoms in total. The molecule has 2 atom stereocenters. The first-order valence-electron chi connectivity index (χ1n) is 5.54. The Morgan fingerprint density at radius 3 is 2.69 bits per heavy atom. The highest BCUT2D eigenvalue weighted by Crippen LogP contribution is 2.25. The van der Waals surface area contributed by atoms with Crippen LogP contribution in [0.1, 0.15) is 51.9 Å². The van der Waals surface area contributed by atoms with Gasteiger partial charge in [0, 0.05) is 18.4 Å². The maximum Gasteiger partial charge on any atom is 0.137 e. The summed E-state index contributed by atoms with van der Waals surface area (Å²) in [6.45, 7) is 2.12. The second kappa shape index (κ2) is 5.38. The van der Waals surface area contributed by atoms with Crippen molar-refractivity contribution in [2.24, 2.45) is 11.7 Å². The third kappa shape index (κ3) is 3.11. The third-order valence-electron chi connectivity index (χ3n) is 3.01. The first kappa shape index (κ1) is 10.7. The average molecular weight is 183 g/mol. The van der Waals surface area contributed by atoms with E-state index in [2.05, 4.69) is 6.92 Å². The van der Waals surface area contributed by atoms with Crippen LogP contribution in [0, 0.1) is 5.92 Å². The van der Waals surface area contributed by atoms with E-state index in [1.54, 1.807) is 0 Å². The summed E-state index contributed by atoms with van der Waals surface area (Å²) in [6.07, 6.45) is 7.35. The van der Waals surface area contributed by atoms with Crippen molar-refractivity contribution >= 4 is 5.78 Å². The standard InChI is InChI=1S/C11H21NO/c1-2-3-8-11(13)9-6-4-5-7-10(9)12/h9-10H,2-8,12H2,1H3. The minimum atomic E-state index is 0.151. The van der Waals surface area contributed by atoms with Crippen LogP contribution in [-0.4, -0.2) is 11.8 Å². The van der Waals surface area contributed by atoms with Crippen LogP contribution in [0.4, 0.5) is 0 Å². The van der Waals surface area contributed by atoms with Crippen LogP contribution in [0.15, 0.2) is 0 Å². The normalized spacial score (nSPS) is 28.8. The summed E-state index contributed by atoms with van der Waals surface area (Å²) in [4.78, 5) is 11.7. The fourth-order valence-corrected chi connectivity index (χ4v) is 2.10. The van der Waals surface area contributed by atoms with Gasteiger partial charge in [0.2, 0.25) is 0 Å². The van der Waals surface area contributed by atoms with Crippen molar-refractivity contribution in [2.75, 3.05) is 0 Å². The zero-order valence-electron chi connectivity index (χ0n) is 8.59. The number of ketones is 1. The monoisotopic (exact) mass is 183 g/mol. The topological polar surface area (TPSA) is 43.1 Å². The van der Waals surface area contributed by atoms with Gasteiger partial charge in [-0.2, -0.15) is 0 Å². The molecule has 0 aromatic rings. The number of Topliss-reactive ketones (excluding diaryl/α,β-unsaturated/α-hetero) is 1. The fourth-order valence-electron chi connectivity index (χ4n) is 2.10. The molecule has 76 valence electrons. The third-order valence-corrected chi connectivity index (χ3v) is 3.01. The second-order valence-electron chi connectivity index (χ2n) is 4.12. The molecule has 0 aliphatic heterocycles. The summed E-state index contributed by atoms with van der Waals surface area (Å²) in [6, 6.07) is 0.151. The molecule has 0 amide bonds. The molecule has 0 bridgehead atoms. The summed E-state index contributed by atoms with van der Waals surface area (Å²) in [5.41, 5.74) is 5.93. The van der Waals surface area contributed by atoms with E-state index in [1.165, 1.54) is 12.8 Å². The molecule has 0 heterocycles. The largest absolute Gasteiger partial charge is 0.327 e. The van der Waals surface area contributed by atoms with E-state index in [9.17, 15) is 4.79 Å². The Bertz CT molecular complexity index is 167. The Kier molecular flexibility index (Phi) is 4.43. The van der Waals surface area contributed by atoms with E-state index in [0.717, 1.165) is 32.1 Å². The van der Waals surface area contributed by atoms with Crippen molar-refractivity contribution in [2.45, 2.75) is 57.9 Å². The summed E-state index contributed by atoms with van der Waals surface area (Å²) in [5.74, 6) is 0.592. The number of hydrogen-bond donors (Lipinski definition) is 1. The molecule has 1 saturated carbocycles. The average Bonchev–Trinajstić information content (AvgIpc) is 2.15. The lowest BCUT2D eigenvalue weighted by Gasteiger charge is -2.27. The van der Waals surface area contributed by atoms with Crippen molar-refractivity contribution in [3.8, 4) is 0 Å². The van der Waals surface area contributed by atoms with Gasteiger partial charge >= 0.3 is 0 Å². The molecule has 2 unspecified atom stereocenters. The number of nitrogens with two attached hydrogens (primary N) is 1. The molecule has 1 fully saturated rings. The number of hydrogen-bond acceptors (Lipinski definition) is 2. The lowest BCUT2D eigenvalue weighted by Crippen LogP contribution is -2.37. The summed E-state index contributed by atoms with van der Waals surface area (Å²) in [5, 5.41) is 0. The molecule has 0 aromatic heterocycles. The molecule has 1 aliphatic rings. The minimum absolute atomic E-state index is 0.151. The minimum Gasteiger partial charge on any atom is -0.327 e. The molecule has 13 heavy (non-hydrogen) atoms. The highest BCUT2D eigenvalue weighted by molar-refractivity contribution is 5.81. The van der Waals surface area contributed by atoms with E-state index in [1.807, 2.05) is 0 Å². The fraction of sp³-hybridized carbons (Fsp3) is 0.909. The number of carbonyl (C=O) groups excluding carboxylic acids is 1. The molecule has 0 radical (unpaired) electrons. The van der Waals surface area contributed by atoms with E-state index in [4.69, 9.17) is 5.73 Å². The van der Waals surface area contributed by atoms with Gasteiger partial charge < -0.3 is 5.73 Å².